The van der Waals surface area contributed by atoms with E-state index >= 15 is 0 Å². The first-order valence-electron chi connectivity index (χ1n) is 8.59. The summed E-state index contributed by atoms with van der Waals surface area (Å²) in [6.45, 7) is 3.45. The smallest absolute Gasteiger partial charge is 0.284 e. The van der Waals surface area contributed by atoms with Crippen molar-refractivity contribution < 1.29 is 13.5 Å². The molecule has 0 aromatic heterocycles. The van der Waals surface area contributed by atoms with E-state index in [4.69, 9.17) is 11.6 Å². The molecule has 0 heterocycles. The molecule has 3 aromatic rings. The number of nitrogens with zero attached hydrogens (tertiary/aromatic N) is 1. The van der Waals surface area contributed by atoms with Gasteiger partial charge in [0.25, 0.3) is 10.0 Å². The number of anilines is 1. The summed E-state index contributed by atoms with van der Waals surface area (Å²) in [5, 5.41) is 15.1. The van der Waals surface area contributed by atoms with Gasteiger partial charge in [-0.05, 0) is 49.2 Å². The Bertz CT molecular complexity index is 1180. The number of nitrogens with one attached hydrogen (secondary N) is 1. The van der Waals surface area contributed by atoms with Gasteiger partial charge in [-0.1, -0.05) is 69.7 Å². The van der Waals surface area contributed by atoms with E-state index in [1.807, 2.05) is 6.07 Å². The maximum absolute atomic E-state index is 12.9. The van der Waals surface area contributed by atoms with Crippen molar-refractivity contribution >= 4 is 49.1 Å². The van der Waals surface area contributed by atoms with Crippen molar-refractivity contribution in [1.29, 1.82) is 0 Å². The van der Waals surface area contributed by atoms with E-state index in [2.05, 4.69) is 25.6 Å². The predicted molar refractivity (Wildman–Crippen MR) is 118 cm³/mol. The van der Waals surface area contributed by atoms with Crippen molar-refractivity contribution in [2.45, 2.75) is 18.7 Å². The van der Waals surface area contributed by atoms with Crippen LogP contribution in [-0.4, -0.2) is 14.3 Å². The zero-order chi connectivity index (χ0) is 21.2. The van der Waals surface area contributed by atoms with Crippen LogP contribution in [0, 0.1) is 13.8 Å². The predicted octanol–water partition coefficient (Wildman–Crippen LogP) is 5.04. The van der Waals surface area contributed by atoms with Crippen LogP contribution in [-0.2, 0) is 10.0 Å². The van der Waals surface area contributed by atoms with Gasteiger partial charge in [-0.3, -0.25) is 0 Å². The van der Waals surface area contributed by atoms with Crippen molar-refractivity contribution in [1.82, 2.24) is 0 Å². The Balaban J connectivity index is 2.14. The van der Waals surface area contributed by atoms with Crippen molar-refractivity contribution in [3.05, 3.63) is 86.8 Å². The summed E-state index contributed by atoms with van der Waals surface area (Å²) in [5.74, 6) is -0.151. The van der Waals surface area contributed by atoms with E-state index in [9.17, 15) is 13.5 Å². The maximum atomic E-state index is 12.9. The highest BCUT2D eigenvalue weighted by Crippen LogP contribution is 2.34. The van der Waals surface area contributed by atoms with Crippen molar-refractivity contribution in [3.63, 3.8) is 0 Å². The fourth-order valence-electron chi connectivity index (χ4n) is 2.76. The summed E-state index contributed by atoms with van der Waals surface area (Å²) in [4.78, 5) is 0.0670. The highest BCUT2D eigenvalue weighted by atomic mass is 79.9. The van der Waals surface area contributed by atoms with Crippen LogP contribution in [0.4, 0.5) is 5.69 Å². The number of sulfonamides is 1. The summed E-state index contributed by atoms with van der Waals surface area (Å²) in [6.07, 6.45) is 0. The summed E-state index contributed by atoms with van der Waals surface area (Å²) >= 11 is 9.40. The van der Waals surface area contributed by atoms with E-state index in [0.29, 0.717) is 22.4 Å². The van der Waals surface area contributed by atoms with Gasteiger partial charge in [0, 0.05) is 20.7 Å². The Morgan fingerprint density at radius 1 is 1.07 bits per heavy atom. The maximum Gasteiger partial charge on any atom is 0.284 e. The highest BCUT2D eigenvalue weighted by molar-refractivity contribution is 9.10. The molecule has 0 amide bonds. The zero-order valence-corrected chi connectivity index (χ0v) is 18.8. The molecule has 5 nitrogen and oxygen atoms in total. The lowest BCUT2D eigenvalue weighted by atomic mass is 10.1. The molecule has 0 unspecified atom stereocenters. The SMILES string of the molecule is Cc1cc([O-])c(Cl)c(C)c1NC(=NS(=O)(=O)c1ccc(Br)cc1)c1ccccc1. The molecule has 0 fully saturated rings. The molecular weight excluding hydrogens is 476 g/mol. The zero-order valence-electron chi connectivity index (χ0n) is 15.6. The van der Waals surface area contributed by atoms with Crippen LogP contribution in [0.1, 0.15) is 16.7 Å². The lowest BCUT2D eigenvalue weighted by Gasteiger charge is -2.20. The van der Waals surface area contributed by atoms with Crippen LogP contribution < -0.4 is 10.4 Å². The van der Waals surface area contributed by atoms with Gasteiger partial charge in [0.1, 0.15) is 0 Å². The molecule has 3 aromatic carbocycles. The molecule has 0 saturated heterocycles. The second kappa shape index (κ2) is 8.57. The van der Waals surface area contributed by atoms with Gasteiger partial charge in [0.15, 0.2) is 5.84 Å². The van der Waals surface area contributed by atoms with Gasteiger partial charge < -0.3 is 10.4 Å². The number of hydrogen-bond acceptors (Lipinski definition) is 3. The van der Waals surface area contributed by atoms with Gasteiger partial charge in [0.05, 0.1) is 4.90 Å². The van der Waals surface area contributed by atoms with Crippen LogP contribution in [0.5, 0.6) is 5.75 Å². The largest absolute Gasteiger partial charge is 0.871 e. The van der Waals surface area contributed by atoms with E-state index in [1.54, 1.807) is 50.2 Å². The normalized spacial score (nSPS) is 12.1. The quantitative estimate of drug-likeness (QED) is 0.409. The Labute approximate surface area is 183 Å². The molecule has 0 aliphatic carbocycles. The Hall–Kier alpha value is -2.35. The van der Waals surface area contributed by atoms with Gasteiger partial charge in [-0.25, -0.2) is 0 Å². The Morgan fingerprint density at radius 2 is 1.69 bits per heavy atom. The minimum atomic E-state index is -3.98. The third kappa shape index (κ3) is 4.80. The molecule has 0 saturated carbocycles. The van der Waals surface area contributed by atoms with E-state index in [-0.39, 0.29) is 21.5 Å². The number of benzene rings is 3. The fourth-order valence-corrected chi connectivity index (χ4v) is 4.15. The Morgan fingerprint density at radius 3 is 2.31 bits per heavy atom. The number of amidine groups is 1. The summed E-state index contributed by atoms with van der Waals surface area (Å²) in [6, 6.07) is 16.5. The van der Waals surface area contributed by atoms with Crippen molar-refractivity contribution in [3.8, 4) is 5.75 Å². The molecule has 0 atom stereocenters. The number of aryl methyl sites for hydroxylation is 1. The average Bonchev–Trinajstić information content (AvgIpc) is 2.69. The van der Waals surface area contributed by atoms with Crippen LogP contribution in [0.25, 0.3) is 0 Å². The molecule has 150 valence electrons. The summed E-state index contributed by atoms with van der Waals surface area (Å²) < 4.78 is 30.6. The molecule has 0 aliphatic rings. The minimum absolute atomic E-state index is 0.0670. The molecule has 0 spiro atoms. The van der Waals surface area contributed by atoms with Crippen molar-refractivity contribution in [2.75, 3.05) is 5.32 Å². The standard InChI is InChI=1S/C21H18BrClN2O3S/c1-13-12-18(26)19(23)14(2)20(13)24-21(15-6-4-3-5-7-15)25-29(27,28)17-10-8-16(22)9-11-17/h3-12,26H,1-2H3,(H,24,25)/p-1. The minimum Gasteiger partial charge on any atom is -0.871 e. The molecule has 1 N–H and O–H groups in total. The first-order chi connectivity index (χ1) is 13.7. The van der Waals surface area contributed by atoms with Crippen LogP contribution in [0.3, 0.4) is 0 Å². The third-order valence-electron chi connectivity index (χ3n) is 4.28. The van der Waals surface area contributed by atoms with Crippen LogP contribution in [0.2, 0.25) is 5.02 Å². The number of rotatable bonds is 4. The van der Waals surface area contributed by atoms with Crippen LogP contribution >= 0.6 is 27.5 Å². The van der Waals surface area contributed by atoms with Gasteiger partial charge >= 0.3 is 0 Å². The third-order valence-corrected chi connectivity index (χ3v) is 6.57. The highest BCUT2D eigenvalue weighted by Gasteiger charge is 2.17. The summed E-state index contributed by atoms with van der Waals surface area (Å²) in [7, 11) is -3.98. The van der Waals surface area contributed by atoms with Gasteiger partial charge in [-0.2, -0.15) is 8.42 Å². The molecule has 8 heteroatoms. The second-order valence-corrected chi connectivity index (χ2v) is 9.26. The molecule has 29 heavy (non-hydrogen) atoms. The van der Waals surface area contributed by atoms with Crippen LogP contribution in [0.15, 0.2) is 74.4 Å². The van der Waals surface area contributed by atoms with Gasteiger partial charge in [0.2, 0.25) is 0 Å². The number of halogens is 2. The molecule has 0 radical (unpaired) electrons. The van der Waals surface area contributed by atoms with E-state index in [1.165, 1.54) is 18.2 Å². The molecular formula is C21H17BrClN2O3S-. The topological polar surface area (TPSA) is 81.6 Å². The first-order valence-corrected chi connectivity index (χ1v) is 11.2. The fraction of sp³-hybridized carbons (Fsp3) is 0.0952. The lowest BCUT2D eigenvalue weighted by molar-refractivity contribution is -0.268. The average molecular weight is 493 g/mol. The summed E-state index contributed by atoms with van der Waals surface area (Å²) in [5.41, 5.74) is 2.29. The van der Waals surface area contributed by atoms with E-state index in [0.717, 1.165) is 4.47 Å². The second-order valence-electron chi connectivity index (χ2n) is 6.37. The monoisotopic (exact) mass is 491 g/mol. The van der Waals surface area contributed by atoms with E-state index < -0.39 is 10.0 Å². The van der Waals surface area contributed by atoms with Gasteiger partial charge in [-0.15, -0.1) is 4.40 Å². The Kier molecular flexibility index (Phi) is 6.31. The molecule has 0 aliphatic heterocycles. The molecule has 3 rings (SSSR count). The lowest BCUT2D eigenvalue weighted by Crippen LogP contribution is -2.18. The molecule has 0 bridgehead atoms. The first kappa shape index (κ1) is 21.4. The van der Waals surface area contributed by atoms with Crippen molar-refractivity contribution in [2.24, 2.45) is 4.40 Å². The number of hydrogen-bond donors (Lipinski definition) is 1.